The van der Waals surface area contributed by atoms with E-state index in [0.29, 0.717) is 6.61 Å². The molecule has 0 aromatic heterocycles. The predicted molar refractivity (Wildman–Crippen MR) is 85.4 cm³/mol. The Bertz CT molecular complexity index is 757. The number of ether oxygens (including phenoxy) is 1. The Morgan fingerprint density at radius 3 is 2.52 bits per heavy atom. The van der Waals surface area contributed by atoms with Crippen LogP contribution in [0.1, 0.15) is 24.2 Å². The number of carbonyl (C=O) groups is 1. The Morgan fingerprint density at radius 1 is 1.43 bits per heavy atom. The lowest BCUT2D eigenvalue weighted by Crippen LogP contribution is -2.25. The summed E-state index contributed by atoms with van der Waals surface area (Å²) in [5.41, 5.74) is -0.632. The predicted octanol–water partition coefficient (Wildman–Crippen LogP) is 1.59. The number of amides is 1. The van der Waals surface area contributed by atoms with Crippen LogP contribution in [-0.4, -0.2) is 45.1 Å². The van der Waals surface area contributed by atoms with Gasteiger partial charge in [-0.2, -0.15) is 4.99 Å². The normalized spacial score (nSPS) is 11.9. The van der Waals surface area contributed by atoms with Gasteiger partial charge in [0.1, 0.15) is 5.69 Å². The fraction of sp³-hybridized carbons (Fsp3) is 0.385. The zero-order valence-electron chi connectivity index (χ0n) is 13.1. The molecule has 1 rings (SSSR count). The number of nitrogens with zero attached hydrogens (tertiary/aromatic N) is 3. The van der Waals surface area contributed by atoms with Gasteiger partial charge in [-0.25, -0.2) is 8.42 Å². The molecule has 0 heterocycles. The van der Waals surface area contributed by atoms with Crippen LogP contribution in [0.5, 0.6) is 0 Å². The van der Waals surface area contributed by atoms with Crippen molar-refractivity contribution >= 4 is 33.2 Å². The summed E-state index contributed by atoms with van der Waals surface area (Å²) in [6.07, 6.45) is 0.905. The fourth-order valence-electron chi connectivity index (χ4n) is 1.69. The summed E-state index contributed by atoms with van der Waals surface area (Å²) in [7, 11) is -2.56. The number of hydrogen-bond acceptors (Lipinski definition) is 6. The van der Waals surface area contributed by atoms with E-state index in [4.69, 9.17) is 4.74 Å². The molecule has 0 radical (unpaired) electrons. The van der Waals surface area contributed by atoms with E-state index in [0.717, 1.165) is 22.7 Å². The van der Waals surface area contributed by atoms with E-state index in [9.17, 15) is 23.3 Å². The molecule has 0 aliphatic rings. The third kappa shape index (κ3) is 4.74. The Labute approximate surface area is 133 Å². The number of benzene rings is 1. The molecule has 23 heavy (non-hydrogen) atoms. The molecule has 1 aromatic rings. The molecule has 0 fully saturated rings. The van der Waals surface area contributed by atoms with E-state index in [1.54, 1.807) is 6.92 Å². The van der Waals surface area contributed by atoms with Crippen molar-refractivity contribution in [1.29, 1.82) is 0 Å². The fourth-order valence-corrected chi connectivity index (χ4v) is 2.19. The molecule has 0 aliphatic heterocycles. The lowest BCUT2D eigenvalue weighted by Gasteiger charge is -2.17. The molecule has 1 aromatic carbocycles. The summed E-state index contributed by atoms with van der Waals surface area (Å²) in [6, 6.07) is 3.39. The van der Waals surface area contributed by atoms with Crippen molar-refractivity contribution in [3.63, 3.8) is 0 Å². The van der Waals surface area contributed by atoms with Gasteiger partial charge in [0.15, 0.2) is 5.90 Å². The Hall–Kier alpha value is -2.49. The van der Waals surface area contributed by atoms with Crippen LogP contribution in [0, 0.1) is 10.1 Å². The molecule has 0 saturated carbocycles. The minimum Gasteiger partial charge on any atom is -0.481 e. The molecule has 1 amide bonds. The molecule has 0 spiro atoms. The van der Waals surface area contributed by atoms with Gasteiger partial charge in [-0.1, -0.05) is 0 Å². The van der Waals surface area contributed by atoms with Crippen LogP contribution in [0.2, 0.25) is 0 Å². The number of aliphatic imine (C=N–C) groups is 1. The van der Waals surface area contributed by atoms with Gasteiger partial charge >= 0.3 is 0 Å². The van der Waals surface area contributed by atoms with Gasteiger partial charge in [0.2, 0.25) is 10.0 Å². The van der Waals surface area contributed by atoms with E-state index in [1.807, 2.05) is 0 Å². The summed E-state index contributed by atoms with van der Waals surface area (Å²) in [4.78, 5) is 26.0. The molecule has 0 bridgehead atoms. The van der Waals surface area contributed by atoms with Crippen molar-refractivity contribution in [2.24, 2.45) is 4.99 Å². The van der Waals surface area contributed by atoms with Crippen molar-refractivity contribution in [2.75, 3.05) is 24.2 Å². The number of nitro benzene ring substituents is 1. The zero-order valence-corrected chi connectivity index (χ0v) is 14.0. The summed E-state index contributed by atoms with van der Waals surface area (Å²) in [5, 5.41) is 11.0. The Balaban J connectivity index is 3.37. The average Bonchev–Trinajstić information content (AvgIpc) is 2.44. The largest absolute Gasteiger partial charge is 0.481 e. The minimum absolute atomic E-state index is 0.0140. The Kier molecular flexibility index (Phi) is 5.79. The summed E-state index contributed by atoms with van der Waals surface area (Å²) in [6.45, 7) is 3.57. The second-order valence-corrected chi connectivity index (χ2v) is 6.57. The van der Waals surface area contributed by atoms with Gasteiger partial charge in [0.25, 0.3) is 11.6 Å². The number of hydrogen-bond donors (Lipinski definition) is 0. The molecule has 126 valence electrons. The van der Waals surface area contributed by atoms with Gasteiger partial charge in [0, 0.05) is 25.6 Å². The van der Waals surface area contributed by atoms with Crippen LogP contribution in [0.15, 0.2) is 23.2 Å². The molecule has 10 heteroatoms. The number of sulfonamides is 1. The first-order valence-electron chi connectivity index (χ1n) is 6.52. The van der Waals surface area contributed by atoms with Crippen molar-refractivity contribution in [3.8, 4) is 0 Å². The molecule has 0 atom stereocenters. The van der Waals surface area contributed by atoms with E-state index in [-0.39, 0.29) is 17.1 Å². The summed E-state index contributed by atoms with van der Waals surface area (Å²) >= 11 is 0. The standard InChI is InChI=1S/C13H17N3O6S/c1-5-22-9(2)14-13(17)10-6-7-11(16(18)19)12(8-10)15(3)23(4,20)21/h6-8H,5H2,1-4H3. The first-order valence-corrected chi connectivity index (χ1v) is 8.37. The second kappa shape index (κ2) is 7.18. The van der Waals surface area contributed by atoms with E-state index in [1.165, 1.54) is 20.0 Å². The first-order chi connectivity index (χ1) is 10.6. The monoisotopic (exact) mass is 343 g/mol. The van der Waals surface area contributed by atoms with Gasteiger partial charge in [-0.3, -0.25) is 19.2 Å². The third-order valence-electron chi connectivity index (χ3n) is 2.87. The van der Waals surface area contributed by atoms with Crippen molar-refractivity contribution < 1.29 is 22.9 Å². The third-order valence-corrected chi connectivity index (χ3v) is 4.06. The molecule has 0 unspecified atom stereocenters. The molecular weight excluding hydrogens is 326 g/mol. The quantitative estimate of drug-likeness (QED) is 0.346. The maximum absolute atomic E-state index is 12.0. The molecule has 0 saturated heterocycles. The lowest BCUT2D eigenvalue weighted by atomic mass is 10.1. The van der Waals surface area contributed by atoms with Gasteiger partial charge in [-0.15, -0.1) is 0 Å². The van der Waals surface area contributed by atoms with Crippen LogP contribution in [0.4, 0.5) is 11.4 Å². The average molecular weight is 343 g/mol. The van der Waals surface area contributed by atoms with Gasteiger partial charge < -0.3 is 4.74 Å². The first kappa shape index (κ1) is 18.6. The summed E-state index contributed by atoms with van der Waals surface area (Å²) in [5.74, 6) is -0.539. The molecular formula is C13H17N3O6S. The van der Waals surface area contributed by atoms with Crippen LogP contribution in [0.25, 0.3) is 0 Å². The minimum atomic E-state index is -3.73. The topological polar surface area (TPSA) is 119 Å². The Morgan fingerprint density at radius 2 is 2.04 bits per heavy atom. The van der Waals surface area contributed by atoms with E-state index >= 15 is 0 Å². The van der Waals surface area contributed by atoms with Gasteiger partial charge in [0.05, 0.1) is 17.8 Å². The highest BCUT2D eigenvalue weighted by atomic mass is 32.2. The molecule has 0 aliphatic carbocycles. The van der Waals surface area contributed by atoms with E-state index in [2.05, 4.69) is 4.99 Å². The van der Waals surface area contributed by atoms with Crippen molar-refractivity contribution in [1.82, 2.24) is 0 Å². The summed E-state index contributed by atoms with van der Waals surface area (Å²) < 4.78 is 29.0. The number of carbonyl (C=O) groups excluding carboxylic acids is 1. The maximum atomic E-state index is 12.0. The highest BCUT2D eigenvalue weighted by molar-refractivity contribution is 7.92. The molecule has 9 nitrogen and oxygen atoms in total. The van der Waals surface area contributed by atoms with Crippen LogP contribution >= 0.6 is 0 Å². The van der Waals surface area contributed by atoms with Crippen LogP contribution in [-0.2, 0) is 14.8 Å². The van der Waals surface area contributed by atoms with Crippen molar-refractivity contribution in [2.45, 2.75) is 13.8 Å². The van der Waals surface area contributed by atoms with E-state index < -0.39 is 26.5 Å². The maximum Gasteiger partial charge on any atom is 0.293 e. The zero-order chi connectivity index (χ0) is 17.8. The number of rotatable bonds is 5. The SMILES string of the molecule is CCOC(C)=NC(=O)c1ccc([N+](=O)[O-])c(N(C)S(C)(=O)=O)c1. The van der Waals surface area contributed by atoms with Crippen molar-refractivity contribution in [3.05, 3.63) is 33.9 Å². The van der Waals surface area contributed by atoms with Crippen LogP contribution in [0.3, 0.4) is 0 Å². The second-order valence-electron chi connectivity index (χ2n) is 4.56. The number of anilines is 1. The number of nitro groups is 1. The van der Waals surface area contributed by atoms with Gasteiger partial charge in [-0.05, 0) is 19.1 Å². The highest BCUT2D eigenvalue weighted by Gasteiger charge is 2.24. The lowest BCUT2D eigenvalue weighted by molar-refractivity contribution is -0.384. The highest BCUT2D eigenvalue weighted by Crippen LogP contribution is 2.30. The molecule has 0 N–H and O–H groups in total. The van der Waals surface area contributed by atoms with Crippen LogP contribution < -0.4 is 4.31 Å². The smallest absolute Gasteiger partial charge is 0.293 e.